The highest BCUT2D eigenvalue weighted by Gasteiger charge is 2.29. The Bertz CT molecular complexity index is 1810. The normalized spacial score (nSPS) is 12.8. The smallest absolute Gasteiger partial charge is 0.460 e. The van der Waals surface area contributed by atoms with Crippen molar-refractivity contribution in [2.24, 2.45) is 5.41 Å². The second kappa shape index (κ2) is 40.3. The van der Waals surface area contributed by atoms with Gasteiger partial charge < -0.3 is 57.6 Å². The van der Waals surface area contributed by atoms with Crippen molar-refractivity contribution < 1.29 is 76.1 Å². The van der Waals surface area contributed by atoms with Crippen LogP contribution in [0.1, 0.15) is 329 Å². The van der Waals surface area contributed by atoms with Gasteiger partial charge in [0.05, 0.1) is 41.0 Å². The molecule has 536 valence electrons. The number of nitrogens with zero attached hydrogens (tertiary/aromatic N) is 1. The minimum atomic E-state index is -0.616. The molecule has 0 aliphatic heterocycles. The summed E-state index contributed by atoms with van der Waals surface area (Å²) in [5.41, 5.74) is -3.96. The van der Waals surface area contributed by atoms with Gasteiger partial charge in [-0.05, 0) is 304 Å². The maximum Gasteiger partial charge on any atom is 0.509 e. The lowest BCUT2D eigenvalue weighted by molar-refractivity contribution is -0.164. The molecule has 0 fully saturated rings. The van der Waals surface area contributed by atoms with Gasteiger partial charge in [0, 0.05) is 31.0 Å². The standard InChI is InChI=1S/C16H30O4.C10H21NO2.C10H22O2.C9H19NO2.C9H18O3.C9H18O2.C8H18O/c1-15(2,3)19-13(17)11-9-7-8-10-12-14(18)20-16(4,5)6;1-9(2,3)11(7)8(12)13-10(4,5)6;1-9(2,3)11-7-8-12-10(4,5)6;1-8(2,3)10-7(11)12-9(4,5)6;1-8(2,3)11-7(10)12-9(4,5)6;1-8(2,3)7(10)11-9(4,5)6;1-7(2,3)9-8(4,5)6/h7-12H2,1-6H3;1-7H3;7-8H2,1-6H3;1-6H3,(H,10,11);1-6H3;1-6H3;1-6H3. The summed E-state index contributed by atoms with van der Waals surface area (Å²) in [7, 11) is 1.74. The third-order valence-corrected chi connectivity index (χ3v) is 8.46. The van der Waals surface area contributed by atoms with E-state index in [0.29, 0.717) is 26.1 Å². The summed E-state index contributed by atoms with van der Waals surface area (Å²) in [6.07, 6.45) is 3.12. The van der Waals surface area contributed by atoms with Crippen LogP contribution in [0.4, 0.5) is 14.4 Å². The van der Waals surface area contributed by atoms with Crippen molar-refractivity contribution in [2.45, 2.75) is 402 Å². The molecular formula is C71H146N2O16. The number of nitrogens with one attached hydrogen (secondary N) is 1. The molecular weight excluding hydrogens is 1140 g/mol. The van der Waals surface area contributed by atoms with Gasteiger partial charge in [0.15, 0.2) is 0 Å². The topological polar surface area (TPSA) is 210 Å². The van der Waals surface area contributed by atoms with E-state index in [4.69, 9.17) is 47.4 Å². The molecule has 0 radical (unpaired) electrons. The van der Waals surface area contributed by atoms with Gasteiger partial charge in [-0.15, -0.1) is 0 Å². The lowest BCUT2D eigenvalue weighted by Crippen LogP contribution is -2.45. The summed E-state index contributed by atoms with van der Waals surface area (Å²) >= 11 is 0. The molecule has 89 heavy (non-hydrogen) atoms. The fraction of sp³-hybridized carbons (Fsp3) is 0.915. The van der Waals surface area contributed by atoms with Gasteiger partial charge in [0.25, 0.3) is 0 Å². The fourth-order valence-electron chi connectivity index (χ4n) is 5.46. The van der Waals surface area contributed by atoms with Crippen LogP contribution in [0.3, 0.4) is 0 Å². The van der Waals surface area contributed by atoms with Gasteiger partial charge in [-0.2, -0.15) is 0 Å². The van der Waals surface area contributed by atoms with Crippen molar-refractivity contribution in [1.29, 1.82) is 0 Å². The van der Waals surface area contributed by atoms with Crippen molar-refractivity contribution in [3.05, 3.63) is 0 Å². The van der Waals surface area contributed by atoms with Gasteiger partial charge in [-0.25, -0.2) is 14.4 Å². The minimum absolute atomic E-state index is 0.0156. The Kier molecular flexibility index (Phi) is 44.6. The Hall–Kier alpha value is -3.90. The molecule has 0 saturated carbocycles. The van der Waals surface area contributed by atoms with Crippen molar-refractivity contribution >= 4 is 36.2 Å². The van der Waals surface area contributed by atoms with Crippen LogP contribution >= 0.6 is 0 Å². The van der Waals surface area contributed by atoms with Crippen molar-refractivity contribution in [2.75, 3.05) is 20.3 Å². The van der Waals surface area contributed by atoms with Gasteiger partial charge in [0.2, 0.25) is 0 Å². The van der Waals surface area contributed by atoms with Crippen molar-refractivity contribution in [3.63, 3.8) is 0 Å². The summed E-state index contributed by atoms with van der Waals surface area (Å²) in [5.74, 6) is -0.445. The first kappa shape index (κ1) is 98.7. The molecule has 18 heteroatoms. The number of carbonyl (C=O) groups excluding carboxylic acids is 6. The Morgan fingerprint density at radius 3 is 0.764 bits per heavy atom. The molecule has 0 aromatic carbocycles. The maximum atomic E-state index is 11.5. The monoisotopic (exact) mass is 1280 g/mol. The molecule has 0 saturated heterocycles. The number of carbonyl (C=O) groups is 6. The van der Waals surface area contributed by atoms with Gasteiger partial charge >= 0.3 is 36.2 Å². The molecule has 0 heterocycles. The molecule has 0 bridgehead atoms. The van der Waals surface area contributed by atoms with Crippen molar-refractivity contribution in [1.82, 2.24) is 10.2 Å². The van der Waals surface area contributed by atoms with E-state index in [1.807, 2.05) is 208 Å². The highest BCUT2D eigenvalue weighted by molar-refractivity contribution is 5.75. The SMILES string of the molecule is CC(C)(C)NC(=O)OC(C)(C)C.CC(C)(C)OC(=O)C(C)(C)C.CC(C)(C)OC(=O)CCCCCCC(=O)OC(C)(C)C.CC(C)(C)OC(=O)OC(C)(C)C.CC(C)(C)OC(C)(C)C.CC(C)(C)OCCOC(C)(C)C.CN(C(=O)OC(C)(C)C)C(C)(C)C. The first-order chi connectivity index (χ1) is 38.3. The zero-order valence-electron chi connectivity index (χ0n) is 66.1. The highest BCUT2D eigenvalue weighted by atomic mass is 16.7. The summed E-state index contributed by atoms with van der Waals surface area (Å²) in [5, 5.41) is 2.71. The van der Waals surface area contributed by atoms with Crippen LogP contribution < -0.4 is 5.32 Å². The number of alkyl carbamates (subject to hydrolysis) is 1. The van der Waals surface area contributed by atoms with Gasteiger partial charge in [0.1, 0.15) is 39.2 Å². The Morgan fingerprint density at radius 2 is 0.584 bits per heavy atom. The van der Waals surface area contributed by atoms with Crippen LogP contribution in [0.5, 0.6) is 0 Å². The molecule has 0 spiro atoms. The Labute approximate surface area is 548 Å². The molecule has 2 amide bonds. The Balaban J connectivity index is -0.000000179. The van der Waals surface area contributed by atoms with E-state index >= 15 is 0 Å². The number of hydrogen-bond acceptors (Lipinski definition) is 16. The lowest BCUT2D eigenvalue weighted by Gasteiger charge is -2.33. The molecule has 0 aliphatic carbocycles. The van der Waals surface area contributed by atoms with Gasteiger partial charge in [-0.3, -0.25) is 14.4 Å². The summed E-state index contributed by atoms with van der Waals surface area (Å²) in [6.45, 7) is 82.0. The van der Waals surface area contributed by atoms with E-state index in [0.717, 1.165) is 25.7 Å². The molecule has 1 N–H and O–H groups in total. The third-order valence-electron chi connectivity index (χ3n) is 8.46. The molecule has 18 nitrogen and oxygen atoms in total. The van der Waals surface area contributed by atoms with E-state index in [1.165, 1.54) is 0 Å². The van der Waals surface area contributed by atoms with Crippen molar-refractivity contribution in [3.8, 4) is 0 Å². The number of ether oxygens (including phenoxy) is 10. The summed E-state index contributed by atoms with van der Waals surface area (Å²) < 4.78 is 52.4. The first-order valence-electron chi connectivity index (χ1n) is 31.8. The van der Waals surface area contributed by atoms with E-state index < -0.39 is 45.2 Å². The molecule has 0 aromatic heterocycles. The quantitative estimate of drug-likeness (QED) is 0.122. The van der Waals surface area contributed by atoms with Gasteiger partial charge in [-0.1, -0.05) is 12.8 Å². The fourth-order valence-corrected chi connectivity index (χ4v) is 5.46. The summed E-state index contributed by atoms with van der Waals surface area (Å²) in [6, 6.07) is 0. The zero-order chi connectivity index (χ0) is 73.5. The molecule has 0 aliphatic rings. The lowest BCUT2D eigenvalue weighted by atomic mass is 9.97. The second-order valence-electron chi connectivity index (χ2n) is 35.9. The third kappa shape index (κ3) is 97.9. The number of esters is 3. The molecule has 0 aromatic rings. The van der Waals surface area contributed by atoms with Crippen LogP contribution in [0.15, 0.2) is 0 Å². The maximum absolute atomic E-state index is 11.5. The van der Waals surface area contributed by atoms with Crippen LogP contribution in [0.2, 0.25) is 0 Å². The molecule has 0 unspecified atom stereocenters. The van der Waals surface area contributed by atoms with Crippen LogP contribution in [0, 0.1) is 5.41 Å². The average Bonchev–Trinajstić information content (AvgIpc) is 3.13. The highest BCUT2D eigenvalue weighted by Crippen LogP contribution is 2.22. The number of unbranched alkanes of at least 4 members (excludes halogenated alkanes) is 3. The van der Waals surface area contributed by atoms with E-state index in [1.54, 1.807) is 53.5 Å². The summed E-state index contributed by atoms with van der Waals surface area (Å²) in [4.78, 5) is 69.5. The average molecular weight is 1280 g/mol. The van der Waals surface area contributed by atoms with Crippen LogP contribution in [-0.2, 0) is 61.8 Å². The number of rotatable bonds is 10. The van der Waals surface area contributed by atoms with E-state index in [2.05, 4.69) is 46.9 Å². The first-order valence-corrected chi connectivity index (χ1v) is 31.8. The second-order valence-corrected chi connectivity index (χ2v) is 35.9. The number of hydrogen-bond donors (Lipinski definition) is 1. The molecule has 0 atom stereocenters. The minimum Gasteiger partial charge on any atom is -0.460 e. The zero-order valence-corrected chi connectivity index (χ0v) is 66.1. The Morgan fingerprint density at radius 1 is 0.315 bits per heavy atom. The largest absolute Gasteiger partial charge is 0.509 e. The van der Waals surface area contributed by atoms with E-state index in [-0.39, 0.29) is 69.2 Å². The number of amides is 2. The van der Waals surface area contributed by atoms with Crippen LogP contribution in [-0.4, -0.2) is 134 Å². The predicted octanol–water partition coefficient (Wildman–Crippen LogP) is 19.3. The van der Waals surface area contributed by atoms with Crippen LogP contribution in [0.25, 0.3) is 0 Å². The van der Waals surface area contributed by atoms with E-state index in [9.17, 15) is 28.8 Å². The molecule has 0 rings (SSSR count). The predicted molar refractivity (Wildman–Crippen MR) is 367 cm³/mol.